The second kappa shape index (κ2) is 3.46. The van der Waals surface area contributed by atoms with Crippen molar-refractivity contribution in [2.45, 2.75) is 32.7 Å². The molecule has 2 heteroatoms. The maximum absolute atomic E-state index is 4.48. The van der Waals surface area contributed by atoms with E-state index < -0.39 is 0 Å². The fraction of sp³-hybridized carbons (Fsp3) is 0.545. The lowest BCUT2D eigenvalue weighted by Crippen LogP contribution is -2.24. The van der Waals surface area contributed by atoms with Gasteiger partial charge in [0.2, 0.25) is 0 Å². The molecule has 2 heterocycles. The van der Waals surface area contributed by atoms with Crippen LogP contribution in [-0.2, 0) is 13.0 Å². The minimum Gasteiger partial charge on any atom is -0.311 e. The van der Waals surface area contributed by atoms with Crippen molar-refractivity contribution in [2.24, 2.45) is 0 Å². The third-order valence-electron chi connectivity index (χ3n) is 2.61. The van der Waals surface area contributed by atoms with Gasteiger partial charge in [-0.3, -0.25) is 4.98 Å². The number of nitrogens with one attached hydrogen (secondary N) is 1. The van der Waals surface area contributed by atoms with E-state index >= 15 is 0 Å². The zero-order chi connectivity index (χ0) is 9.26. The molecule has 0 bridgehead atoms. The number of pyridine rings is 1. The van der Waals surface area contributed by atoms with E-state index in [4.69, 9.17) is 0 Å². The van der Waals surface area contributed by atoms with Crippen LogP contribution in [0.5, 0.6) is 0 Å². The molecule has 0 saturated carbocycles. The van der Waals surface area contributed by atoms with Gasteiger partial charge in [0, 0.05) is 12.7 Å². The SMILES string of the molecule is CC(C)c1cnc2c(c1)CCNC2. The molecule has 0 amide bonds. The van der Waals surface area contributed by atoms with Crippen LogP contribution in [0.2, 0.25) is 0 Å². The fourth-order valence-electron chi connectivity index (χ4n) is 1.68. The van der Waals surface area contributed by atoms with Crippen LogP contribution < -0.4 is 5.32 Å². The Morgan fingerprint density at radius 2 is 2.31 bits per heavy atom. The van der Waals surface area contributed by atoms with Gasteiger partial charge < -0.3 is 5.32 Å². The Hall–Kier alpha value is -0.890. The van der Waals surface area contributed by atoms with E-state index in [1.54, 1.807) is 0 Å². The minimum atomic E-state index is 0.590. The van der Waals surface area contributed by atoms with Crippen LogP contribution in [0.25, 0.3) is 0 Å². The van der Waals surface area contributed by atoms with Gasteiger partial charge in [0.15, 0.2) is 0 Å². The average Bonchev–Trinajstić information content (AvgIpc) is 2.17. The lowest BCUT2D eigenvalue weighted by atomic mass is 9.99. The molecular weight excluding hydrogens is 160 g/mol. The van der Waals surface area contributed by atoms with Crippen molar-refractivity contribution in [1.29, 1.82) is 0 Å². The summed E-state index contributed by atoms with van der Waals surface area (Å²) in [7, 11) is 0. The van der Waals surface area contributed by atoms with Gasteiger partial charge in [-0.15, -0.1) is 0 Å². The summed E-state index contributed by atoms with van der Waals surface area (Å²) in [6.07, 6.45) is 3.14. The number of hydrogen-bond acceptors (Lipinski definition) is 2. The molecule has 0 fully saturated rings. The topological polar surface area (TPSA) is 24.9 Å². The summed E-state index contributed by atoms with van der Waals surface area (Å²) in [5, 5.41) is 3.33. The summed E-state index contributed by atoms with van der Waals surface area (Å²) in [5.74, 6) is 0.590. The molecule has 1 aromatic heterocycles. The quantitative estimate of drug-likeness (QED) is 0.706. The van der Waals surface area contributed by atoms with Crippen molar-refractivity contribution >= 4 is 0 Å². The fourth-order valence-corrected chi connectivity index (χ4v) is 1.68. The Morgan fingerprint density at radius 1 is 1.46 bits per heavy atom. The van der Waals surface area contributed by atoms with Crippen molar-refractivity contribution in [3.63, 3.8) is 0 Å². The number of aromatic nitrogens is 1. The van der Waals surface area contributed by atoms with Crippen molar-refractivity contribution in [3.8, 4) is 0 Å². The van der Waals surface area contributed by atoms with E-state index in [0.29, 0.717) is 5.92 Å². The Bertz CT molecular complexity index is 305. The van der Waals surface area contributed by atoms with E-state index in [0.717, 1.165) is 19.5 Å². The number of rotatable bonds is 1. The molecule has 0 radical (unpaired) electrons. The van der Waals surface area contributed by atoms with Crippen LogP contribution in [0.15, 0.2) is 12.3 Å². The molecule has 0 atom stereocenters. The van der Waals surface area contributed by atoms with Crippen molar-refractivity contribution in [3.05, 3.63) is 29.1 Å². The third kappa shape index (κ3) is 1.73. The highest BCUT2D eigenvalue weighted by molar-refractivity contribution is 5.28. The molecule has 0 aromatic carbocycles. The van der Waals surface area contributed by atoms with Crippen molar-refractivity contribution in [1.82, 2.24) is 10.3 Å². The Labute approximate surface area is 79.4 Å². The first-order chi connectivity index (χ1) is 6.27. The van der Waals surface area contributed by atoms with Gasteiger partial charge in [0.25, 0.3) is 0 Å². The predicted molar refractivity (Wildman–Crippen MR) is 53.7 cm³/mol. The van der Waals surface area contributed by atoms with Crippen LogP contribution in [0, 0.1) is 0 Å². The monoisotopic (exact) mass is 176 g/mol. The molecule has 0 unspecified atom stereocenters. The van der Waals surface area contributed by atoms with Crippen LogP contribution in [0.1, 0.15) is 36.6 Å². The van der Waals surface area contributed by atoms with Crippen LogP contribution >= 0.6 is 0 Å². The molecule has 0 saturated heterocycles. The highest BCUT2D eigenvalue weighted by Gasteiger charge is 2.10. The summed E-state index contributed by atoms with van der Waals surface area (Å²) in [5.41, 5.74) is 4.03. The Kier molecular flexibility index (Phi) is 2.32. The summed E-state index contributed by atoms with van der Waals surface area (Å²) >= 11 is 0. The number of nitrogens with zero attached hydrogens (tertiary/aromatic N) is 1. The third-order valence-corrected chi connectivity index (χ3v) is 2.61. The zero-order valence-electron chi connectivity index (χ0n) is 8.30. The standard InChI is InChI=1S/C11H16N2/c1-8(2)10-5-9-3-4-12-7-11(9)13-6-10/h5-6,8,12H,3-4,7H2,1-2H3. The molecule has 70 valence electrons. The minimum absolute atomic E-state index is 0.590. The second-order valence-electron chi connectivity index (χ2n) is 3.96. The number of fused-ring (bicyclic) bond motifs is 1. The molecule has 13 heavy (non-hydrogen) atoms. The first-order valence-corrected chi connectivity index (χ1v) is 4.96. The average molecular weight is 176 g/mol. The van der Waals surface area contributed by atoms with E-state index in [-0.39, 0.29) is 0 Å². The van der Waals surface area contributed by atoms with E-state index in [1.165, 1.54) is 16.8 Å². The molecule has 1 aliphatic rings. The maximum Gasteiger partial charge on any atom is 0.0574 e. The van der Waals surface area contributed by atoms with Crippen molar-refractivity contribution in [2.75, 3.05) is 6.54 Å². The molecule has 0 spiro atoms. The van der Waals surface area contributed by atoms with Crippen LogP contribution in [0.4, 0.5) is 0 Å². The first-order valence-electron chi connectivity index (χ1n) is 4.96. The summed E-state index contributed by atoms with van der Waals surface area (Å²) in [6.45, 7) is 6.46. The lowest BCUT2D eigenvalue weighted by Gasteiger charge is -2.17. The van der Waals surface area contributed by atoms with Gasteiger partial charge in [-0.25, -0.2) is 0 Å². The predicted octanol–water partition coefficient (Wildman–Crippen LogP) is 1.85. The molecule has 0 aliphatic carbocycles. The molecule has 1 aromatic rings. The van der Waals surface area contributed by atoms with E-state index in [9.17, 15) is 0 Å². The van der Waals surface area contributed by atoms with E-state index in [2.05, 4.69) is 30.2 Å². The highest BCUT2D eigenvalue weighted by Crippen LogP contribution is 2.18. The summed E-state index contributed by atoms with van der Waals surface area (Å²) in [6, 6.07) is 2.31. The Balaban J connectivity index is 2.35. The summed E-state index contributed by atoms with van der Waals surface area (Å²) in [4.78, 5) is 4.48. The van der Waals surface area contributed by atoms with Crippen molar-refractivity contribution < 1.29 is 0 Å². The molecule has 2 nitrogen and oxygen atoms in total. The van der Waals surface area contributed by atoms with Crippen LogP contribution in [0.3, 0.4) is 0 Å². The molecule has 2 rings (SSSR count). The van der Waals surface area contributed by atoms with Crippen LogP contribution in [-0.4, -0.2) is 11.5 Å². The van der Waals surface area contributed by atoms with Gasteiger partial charge >= 0.3 is 0 Å². The number of hydrogen-bond donors (Lipinski definition) is 1. The Morgan fingerprint density at radius 3 is 3.08 bits per heavy atom. The second-order valence-corrected chi connectivity index (χ2v) is 3.96. The van der Waals surface area contributed by atoms with Gasteiger partial charge in [0.05, 0.1) is 5.69 Å². The maximum atomic E-state index is 4.48. The smallest absolute Gasteiger partial charge is 0.0574 e. The summed E-state index contributed by atoms with van der Waals surface area (Å²) < 4.78 is 0. The zero-order valence-corrected chi connectivity index (χ0v) is 8.30. The molecule has 1 N–H and O–H groups in total. The van der Waals surface area contributed by atoms with Gasteiger partial charge in [-0.1, -0.05) is 19.9 Å². The van der Waals surface area contributed by atoms with Gasteiger partial charge in [-0.05, 0) is 30.0 Å². The largest absolute Gasteiger partial charge is 0.311 e. The van der Waals surface area contributed by atoms with Gasteiger partial charge in [-0.2, -0.15) is 0 Å². The first kappa shape index (κ1) is 8.70. The molecular formula is C11H16N2. The van der Waals surface area contributed by atoms with Gasteiger partial charge in [0.1, 0.15) is 0 Å². The van der Waals surface area contributed by atoms with E-state index in [1.807, 2.05) is 6.20 Å². The highest BCUT2D eigenvalue weighted by atomic mass is 14.9. The lowest BCUT2D eigenvalue weighted by molar-refractivity contribution is 0.624. The normalized spacial score (nSPS) is 15.9. The molecule has 1 aliphatic heterocycles.